The van der Waals surface area contributed by atoms with Gasteiger partial charge in [-0.2, -0.15) is 0 Å². The summed E-state index contributed by atoms with van der Waals surface area (Å²) in [4.78, 5) is 28.2. The number of nitrogens with zero attached hydrogens (tertiary/aromatic N) is 1. The van der Waals surface area contributed by atoms with E-state index in [1.54, 1.807) is 5.38 Å². The summed E-state index contributed by atoms with van der Waals surface area (Å²) in [5.74, 6) is -0.389. The zero-order valence-corrected chi connectivity index (χ0v) is 15.8. The van der Waals surface area contributed by atoms with Gasteiger partial charge in [-0.15, -0.1) is 11.3 Å². The molecule has 26 heavy (non-hydrogen) atoms. The summed E-state index contributed by atoms with van der Waals surface area (Å²) < 4.78 is 5.45. The van der Waals surface area contributed by atoms with E-state index in [-0.39, 0.29) is 18.2 Å². The van der Waals surface area contributed by atoms with Gasteiger partial charge in [0.1, 0.15) is 5.69 Å². The van der Waals surface area contributed by atoms with Gasteiger partial charge in [-0.1, -0.05) is 43.7 Å². The van der Waals surface area contributed by atoms with Crippen LogP contribution in [0.2, 0.25) is 0 Å². The first-order chi connectivity index (χ1) is 12.7. The molecule has 2 rings (SSSR count). The van der Waals surface area contributed by atoms with Crippen molar-refractivity contribution in [2.75, 3.05) is 25.1 Å². The molecule has 0 aliphatic heterocycles. The predicted molar refractivity (Wildman–Crippen MR) is 104 cm³/mol. The molecule has 0 bridgehead atoms. The molecule has 0 saturated heterocycles. The van der Waals surface area contributed by atoms with Gasteiger partial charge < -0.3 is 15.4 Å². The first-order valence-electron chi connectivity index (χ1n) is 8.84. The maximum absolute atomic E-state index is 12.0. The molecule has 0 aliphatic rings. The summed E-state index contributed by atoms with van der Waals surface area (Å²) in [7, 11) is 0. The van der Waals surface area contributed by atoms with E-state index >= 15 is 0 Å². The lowest BCUT2D eigenvalue weighted by atomic mass is 10.1. The molecule has 0 unspecified atom stereocenters. The Kier molecular flexibility index (Phi) is 8.78. The van der Waals surface area contributed by atoms with Crippen LogP contribution in [-0.4, -0.2) is 36.6 Å². The number of anilines is 1. The molecule has 1 aromatic heterocycles. The van der Waals surface area contributed by atoms with Gasteiger partial charge in [0.05, 0.1) is 6.42 Å². The average molecular weight is 375 g/mol. The Bertz CT molecular complexity index is 688. The van der Waals surface area contributed by atoms with Crippen molar-refractivity contribution in [1.29, 1.82) is 0 Å². The highest BCUT2D eigenvalue weighted by Crippen LogP contribution is 2.15. The Morgan fingerprint density at radius 2 is 1.92 bits per heavy atom. The zero-order chi connectivity index (χ0) is 18.6. The smallest absolute Gasteiger partial charge is 0.270 e. The molecule has 2 amide bonds. The van der Waals surface area contributed by atoms with Crippen LogP contribution in [-0.2, 0) is 16.0 Å². The second-order valence-electron chi connectivity index (χ2n) is 5.82. The average Bonchev–Trinajstić information content (AvgIpc) is 3.10. The van der Waals surface area contributed by atoms with Gasteiger partial charge in [0.25, 0.3) is 5.91 Å². The lowest BCUT2D eigenvalue weighted by Gasteiger charge is -2.04. The van der Waals surface area contributed by atoms with Crippen LogP contribution < -0.4 is 10.6 Å². The van der Waals surface area contributed by atoms with Crippen LogP contribution in [0.25, 0.3) is 0 Å². The molecule has 7 heteroatoms. The van der Waals surface area contributed by atoms with E-state index < -0.39 is 0 Å². The number of benzene rings is 1. The van der Waals surface area contributed by atoms with Crippen molar-refractivity contribution in [2.24, 2.45) is 0 Å². The number of amides is 2. The zero-order valence-electron chi connectivity index (χ0n) is 15.0. The number of ether oxygens (including phenoxy) is 1. The summed E-state index contributed by atoms with van der Waals surface area (Å²) in [6.07, 6.45) is 3.22. The second-order valence-corrected chi connectivity index (χ2v) is 6.68. The van der Waals surface area contributed by atoms with E-state index in [1.807, 2.05) is 30.3 Å². The number of carbonyl (C=O) groups is 2. The Morgan fingerprint density at radius 1 is 1.15 bits per heavy atom. The highest BCUT2D eigenvalue weighted by molar-refractivity contribution is 7.14. The molecule has 0 atom stereocenters. The number of nitrogens with one attached hydrogen (secondary N) is 2. The molecule has 1 aromatic carbocycles. The van der Waals surface area contributed by atoms with Crippen molar-refractivity contribution in [3.05, 3.63) is 47.0 Å². The summed E-state index contributed by atoms with van der Waals surface area (Å²) in [6, 6.07) is 9.48. The molecule has 0 spiro atoms. The van der Waals surface area contributed by atoms with E-state index in [4.69, 9.17) is 4.74 Å². The van der Waals surface area contributed by atoms with Crippen molar-refractivity contribution in [1.82, 2.24) is 10.3 Å². The number of aromatic nitrogens is 1. The predicted octanol–water partition coefficient (Wildman–Crippen LogP) is 3.26. The number of hydrogen-bond acceptors (Lipinski definition) is 5. The molecule has 2 N–H and O–H groups in total. The van der Waals surface area contributed by atoms with E-state index in [1.165, 1.54) is 11.3 Å². The SMILES string of the molecule is CCCCOCCCNC(=O)c1csc(NC(=O)Cc2ccccc2)n1. The van der Waals surface area contributed by atoms with Crippen molar-refractivity contribution < 1.29 is 14.3 Å². The Balaban J connectivity index is 1.69. The molecular formula is C19H25N3O3S. The van der Waals surface area contributed by atoms with E-state index in [0.29, 0.717) is 24.0 Å². The fourth-order valence-corrected chi connectivity index (χ4v) is 2.90. The largest absolute Gasteiger partial charge is 0.381 e. The fourth-order valence-electron chi connectivity index (χ4n) is 2.20. The molecule has 0 radical (unpaired) electrons. The molecule has 0 saturated carbocycles. The first-order valence-corrected chi connectivity index (χ1v) is 9.72. The first kappa shape index (κ1) is 20.1. The van der Waals surface area contributed by atoms with Gasteiger partial charge >= 0.3 is 0 Å². The quantitative estimate of drug-likeness (QED) is 0.591. The van der Waals surface area contributed by atoms with Gasteiger partial charge in [-0.25, -0.2) is 4.98 Å². The van der Waals surface area contributed by atoms with Crippen LogP contribution in [0, 0.1) is 0 Å². The molecular weight excluding hydrogens is 350 g/mol. The van der Waals surface area contributed by atoms with Crippen LogP contribution in [0.4, 0.5) is 5.13 Å². The summed E-state index contributed by atoms with van der Waals surface area (Å²) >= 11 is 1.24. The molecule has 0 aliphatic carbocycles. The van der Waals surface area contributed by atoms with Crippen LogP contribution in [0.5, 0.6) is 0 Å². The van der Waals surface area contributed by atoms with Crippen molar-refractivity contribution in [3.8, 4) is 0 Å². The highest BCUT2D eigenvalue weighted by Gasteiger charge is 2.12. The minimum absolute atomic E-state index is 0.151. The molecule has 140 valence electrons. The second kappa shape index (κ2) is 11.4. The molecule has 6 nitrogen and oxygen atoms in total. The van der Waals surface area contributed by atoms with Gasteiger partial charge in [-0.05, 0) is 18.4 Å². The maximum Gasteiger partial charge on any atom is 0.270 e. The van der Waals surface area contributed by atoms with Crippen LogP contribution in [0.1, 0.15) is 42.2 Å². The fraction of sp³-hybridized carbons (Fsp3) is 0.421. The third kappa shape index (κ3) is 7.33. The summed E-state index contributed by atoms with van der Waals surface area (Å²) in [5.41, 5.74) is 1.25. The number of carbonyl (C=O) groups excluding carboxylic acids is 2. The molecule has 0 fully saturated rings. The third-order valence-electron chi connectivity index (χ3n) is 3.58. The highest BCUT2D eigenvalue weighted by atomic mass is 32.1. The lowest BCUT2D eigenvalue weighted by molar-refractivity contribution is -0.115. The maximum atomic E-state index is 12.0. The van der Waals surface area contributed by atoms with Crippen molar-refractivity contribution in [2.45, 2.75) is 32.6 Å². The number of unbranched alkanes of at least 4 members (excludes halogenated alkanes) is 1. The number of rotatable bonds is 11. The lowest BCUT2D eigenvalue weighted by Crippen LogP contribution is -2.25. The standard InChI is InChI=1S/C19H25N3O3S/c1-2-3-11-25-12-7-10-20-18(24)16-14-26-19(21-16)22-17(23)13-15-8-5-4-6-9-15/h4-6,8-9,14H,2-3,7,10-13H2,1H3,(H,20,24)(H,21,22,23). The normalized spacial score (nSPS) is 10.5. The topological polar surface area (TPSA) is 80.3 Å². The van der Waals surface area contributed by atoms with E-state index in [2.05, 4.69) is 22.5 Å². The van der Waals surface area contributed by atoms with Crippen LogP contribution >= 0.6 is 11.3 Å². The summed E-state index contributed by atoms with van der Waals surface area (Å²) in [6.45, 7) is 4.06. The monoisotopic (exact) mass is 375 g/mol. The van der Waals surface area contributed by atoms with Gasteiger partial charge in [-0.3, -0.25) is 9.59 Å². The Hall–Kier alpha value is -2.25. The Labute approximate surface area is 158 Å². The van der Waals surface area contributed by atoms with Gasteiger partial charge in [0, 0.05) is 25.1 Å². The summed E-state index contributed by atoms with van der Waals surface area (Å²) in [5, 5.41) is 7.61. The molecule has 2 aromatic rings. The van der Waals surface area contributed by atoms with E-state index in [0.717, 1.165) is 31.4 Å². The van der Waals surface area contributed by atoms with Crippen LogP contribution in [0.15, 0.2) is 35.7 Å². The van der Waals surface area contributed by atoms with Crippen molar-refractivity contribution in [3.63, 3.8) is 0 Å². The third-order valence-corrected chi connectivity index (χ3v) is 4.34. The van der Waals surface area contributed by atoms with E-state index in [9.17, 15) is 9.59 Å². The van der Waals surface area contributed by atoms with Crippen LogP contribution in [0.3, 0.4) is 0 Å². The van der Waals surface area contributed by atoms with Crippen molar-refractivity contribution >= 4 is 28.3 Å². The number of hydrogen-bond donors (Lipinski definition) is 2. The number of thiazole rings is 1. The minimum Gasteiger partial charge on any atom is -0.381 e. The van der Waals surface area contributed by atoms with Gasteiger partial charge in [0.15, 0.2) is 5.13 Å². The molecule has 1 heterocycles. The Morgan fingerprint density at radius 3 is 2.69 bits per heavy atom. The minimum atomic E-state index is -0.238. The van der Waals surface area contributed by atoms with Gasteiger partial charge in [0.2, 0.25) is 5.91 Å².